The molecule has 0 saturated carbocycles. The molecule has 0 atom stereocenters. The minimum absolute atomic E-state index is 0.00536. The molecule has 0 amide bonds. The van der Waals surface area contributed by atoms with Crippen LogP contribution in [0.5, 0.6) is 0 Å². The topological polar surface area (TPSA) is 63.4 Å². The molecule has 7 heteroatoms. The molecule has 0 aromatic heterocycles. The molecule has 1 aromatic carbocycles. The molecule has 0 aliphatic carbocycles. The molecule has 4 nitrogen and oxygen atoms in total. The van der Waals surface area contributed by atoms with Crippen LogP contribution in [0, 0.1) is 0 Å². The smallest absolute Gasteiger partial charge is 0.245 e. The summed E-state index contributed by atoms with van der Waals surface area (Å²) < 4.78 is 27.1. The molecule has 1 aromatic rings. The van der Waals surface area contributed by atoms with E-state index >= 15 is 0 Å². The van der Waals surface area contributed by atoms with Gasteiger partial charge in [0, 0.05) is 29.2 Å². The molecule has 118 valence electrons. The average Bonchev–Trinajstić information content (AvgIpc) is 2.34. The molecular weight excluding hydrogens is 331 g/mol. The molecule has 21 heavy (non-hydrogen) atoms. The van der Waals surface area contributed by atoms with Crippen molar-refractivity contribution in [1.29, 1.82) is 0 Å². The lowest BCUT2D eigenvalue weighted by Gasteiger charge is -2.34. The summed E-state index contributed by atoms with van der Waals surface area (Å²) in [5.41, 5.74) is 5.40. The SMILES string of the molecule is C=CCN(C(C)(C)C)S(=O)(=O)c1ccc(Cl)c(CN)c1Cl. The first-order valence-corrected chi connectivity index (χ1v) is 8.57. The summed E-state index contributed by atoms with van der Waals surface area (Å²) >= 11 is 12.2. The molecule has 0 spiro atoms. The zero-order chi connectivity index (χ0) is 16.4. The third-order valence-electron chi connectivity index (χ3n) is 2.97. The van der Waals surface area contributed by atoms with Crippen LogP contribution in [0.3, 0.4) is 0 Å². The van der Waals surface area contributed by atoms with E-state index in [0.717, 1.165) is 0 Å². The highest BCUT2D eigenvalue weighted by molar-refractivity contribution is 7.89. The highest BCUT2D eigenvalue weighted by atomic mass is 35.5. The fourth-order valence-corrected chi connectivity index (χ4v) is 4.60. The first-order chi connectivity index (χ1) is 9.57. The van der Waals surface area contributed by atoms with Crippen molar-refractivity contribution < 1.29 is 8.42 Å². The Morgan fingerprint density at radius 3 is 2.33 bits per heavy atom. The van der Waals surface area contributed by atoms with Gasteiger partial charge in [-0.1, -0.05) is 29.3 Å². The van der Waals surface area contributed by atoms with Crippen LogP contribution >= 0.6 is 23.2 Å². The third-order valence-corrected chi connectivity index (χ3v) is 6.04. The lowest BCUT2D eigenvalue weighted by molar-refractivity contribution is 0.270. The van der Waals surface area contributed by atoms with E-state index in [4.69, 9.17) is 28.9 Å². The van der Waals surface area contributed by atoms with Gasteiger partial charge < -0.3 is 5.73 Å². The highest BCUT2D eigenvalue weighted by Gasteiger charge is 2.35. The first-order valence-electron chi connectivity index (χ1n) is 6.38. The predicted octanol–water partition coefficient (Wildman–Crippen LogP) is 3.43. The zero-order valence-corrected chi connectivity index (χ0v) is 14.7. The lowest BCUT2D eigenvalue weighted by atomic mass is 10.1. The number of hydrogen-bond acceptors (Lipinski definition) is 3. The van der Waals surface area contributed by atoms with Crippen LogP contribution in [-0.2, 0) is 16.6 Å². The molecule has 0 unspecified atom stereocenters. The molecule has 2 N–H and O–H groups in total. The fraction of sp³-hybridized carbons (Fsp3) is 0.429. The van der Waals surface area contributed by atoms with Crippen molar-refractivity contribution >= 4 is 33.2 Å². The van der Waals surface area contributed by atoms with Gasteiger partial charge in [0.2, 0.25) is 10.0 Å². The molecule has 0 aliphatic rings. The second kappa shape index (κ2) is 6.67. The Morgan fingerprint density at radius 2 is 1.90 bits per heavy atom. The van der Waals surface area contributed by atoms with Gasteiger partial charge in [0.15, 0.2) is 0 Å². The van der Waals surface area contributed by atoms with Gasteiger partial charge in [-0.05, 0) is 32.9 Å². The summed E-state index contributed by atoms with van der Waals surface area (Å²) in [6.07, 6.45) is 1.54. The van der Waals surface area contributed by atoms with Gasteiger partial charge in [-0.25, -0.2) is 8.42 Å². The van der Waals surface area contributed by atoms with Gasteiger partial charge in [0.25, 0.3) is 0 Å². The van der Waals surface area contributed by atoms with E-state index < -0.39 is 15.6 Å². The molecule has 0 fully saturated rings. The Labute approximate surface area is 136 Å². The zero-order valence-electron chi connectivity index (χ0n) is 12.4. The van der Waals surface area contributed by atoms with E-state index in [-0.39, 0.29) is 23.0 Å². The number of nitrogens with zero attached hydrogens (tertiary/aromatic N) is 1. The van der Waals surface area contributed by atoms with Crippen molar-refractivity contribution in [2.75, 3.05) is 6.54 Å². The normalized spacial score (nSPS) is 12.7. The predicted molar refractivity (Wildman–Crippen MR) is 88.2 cm³/mol. The molecule has 0 radical (unpaired) electrons. The summed E-state index contributed by atoms with van der Waals surface area (Å²) in [6.45, 7) is 9.28. The summed E-state index contributed by atoms with van der Waals surface area (Å²) in [7, 11) is -3.79. The number of sulfonamides is 1. The average molecular weight is 351 g/mol. The second-order valence-corrected chi connectivity index (χ2v) is 8.15. The van der Waals surface area contributed by atoms with Gasteiger partial charge >= 0.3 is 0 Å². The Morgan fingerprint density at radius 1 is 1.33 bits per heavy atom. The van der Waals surface area contributed by atoms with E-state index in [2.05, 4.69) is 6.58 Å². The van der Waals surface area contributed by atoms with Crippen molar-refractivity contribution in [2.45, 2.75) is 37.8 Å². The summed E-state index contributed by atoms with van der Waals surface area (Å²) in [5.74, 6) is 0. The number of benzene rings is 1. The monoisotopic (exact) mass is 350 g/mol. The maximum atomic E-state index is 12.9. The van der Waals surface area contributed by atoms with Crippen LogP contribution in [0.1, 0.15) is 26.3 Å². The van der Waals surface area contributed by atoms with Gasteiger partial charge in [0.1, 0.15) is 4.90 Å². The Kier molecular flexibility index (Phi) is 5.86. The summed E-state index contributed by atoms with van der Waals surface area (Å²) in [6, 6.07) is 2.90. The van der Waals surface area contributed by atoms with Gasteiger partial charge in [0.05, 0.1) is 5.02 Å². The van der Waals surface area contributed by atoms with Crippen molar-refractivity contribution in [3.63, 3.8) is 0 Å². The minimum atomic E-state index is -3.79. The molecule has 0 saturated heterocycles. The van der Waals surface area contributed by atoms with Crippen LogP contribution in [0.25, 0.3) is 0 Å². The van der Waals surface area contributed by atoms with E-state index in [0.29, 0.717) is 10.6 Å². The second-order valence-electron chi connectivity index (χ2n) is 5.54. The Balaban J connectivity index is 3.53. The quantitative estimate of drug-likeness (QED) is 0.827. The molecule has 0 aliphatic heterocycles. The van der Waals surface area contributed by atoms with Gasteiger partial charge in [-0.3, -0.25) is 0 Å². The lowest BCUT2D eigenvalue weighted by Crippen LogP contribution is -2.45. The molecule has 1 rings (SSSR count). The standard InChI is InChI=1S/C14H20Cl2N2O2S/c1-5-8-18(14(2,3)4)21(19,20)12-7-6-11(15)10(9-17)13(12)16/h5-7H,1,8-9,17H2,2-4H3. The minimum Gasteiger partial charge on any atom is -0.326 e. The van der Waals surface area contributed by atoms with Crippen molar-refractivity contribution in [3.8, 4) is 0 Å². The number of rotatable bonds is 5. The van der Waals surface area contributed by atoms with Crippen LogP contribution in [-0.4, -0.2) is 24.8 Å². The van der Waals surface area contributed by atoms with E-state index in [1.54, 1.807) is 0 Å². The molecule has 0 heterocycles. The van der Waals surface area contributed by atoms with Crippen LogP contribution in [0.4, 0.5) is 0 Å². The maximum absolute atomic E-state index is 12.9. The van der Waals surface area contributed by atoms with E-state index in [1.165, 1.54) is 22.5 Å². The Bertz CT molecular complexity index is 637. The largest absolute Gasteiger partial charge is 0.326 e. The first kappa shape index (κ1) is 18.5. The van der Waals surface area contributed by atoms with Crippen LogP contribution in [0.2, 0.25) is 10.0 Å². The van der Waals surface area contributed by atoms with Crippen molar-refractivity contribution in [3.05, 3.63) is 40.4 Å². The van der Waals surface area contributed by atoms with E-state index in [9.17, 15) is 8.42 Å². The number of nitrogens with two attached hydrogens (primary N) is 1. The maximum Gasteiger partial charge on any atom is 0.245 e. The van der Waals surface area contributed by atoms with E-state index in [1.807, 2.05) is 20.8 Å². The number of halogens is 2. The summed E-state index contributed by atoms with van der Waals surface area (Å²) in [5, 5.41) is 0.427. The van der Waals surface area contributed by atoms with Crippen molar-refractivity contribution in [2.24, 2.45) is 5.73 Å². The number of hydrogen-bond donors (Lipinski definition) is 1. The van der Waals surface area contributed by atoms with Crippen LogP contribution in [0.15, 0.2) is 29.7 Å². The molecule has 0 bridgehead atoms. The highest BCUT2D eigenvalue weighted by Crippen LogP contribution is 2.34. The van der Waals surface area contributed by atoms with Crippen molar-refractivity contribution in [1.82, 2.24) is 4.31 Å². The Hall–Kier alpha value is -0.590. The summed E-state index contributed by atoms with van der Waals surface area (Å²) in [4.78, 5) is 0.00536. The third kappa shape index (κ3) is 3.79. The van der Waals surface area contributed by atoms with Gasteiger partial charge in [-0.15, -0.1) is 6.58 Å². The molecular formula is C14H20Cl2N2O2S. The van der Waals surface area contributed by atoms with Gasteiger partial charge in [-0.2, -0.15) is 4.31 Å². The fourth-order valence-electron chi connectivity index (χ4n) is 1.93. The van der Waals surface area contributed by atoms with Crippen LogP contribution < -0.4 is 5.73 Å².